The number of primary amides is 8. The van der Waals surface area contributed by atoms with Crippen LogP contribution in [0.25, 0.3) is 11.1 Å². The quantitative estimate of drug-likeness (QED) is 0.0159. The number of nitrogens with two attached hydrogens (primary N) is 8. The first-order valence-electron chi connectivity index (χ1n) is 34.3. The summed E-state index contributed by atoms with van der Waals surface area (Å²) in [5, 5.41) is 16.7. The van der Waals surface area contributed by atoms with Gasteiger partial charge in [0.25, 0.3) is 20.2 Å². The van der Waals surface area contributed by atoms with Gasteiger partial charge in [0.05, 0.1) is 19.6 Å². The Morgan fingerprint density at radius 2 is 0.433 bits per heavy atom. The molecule has 632 valence electrons. The van der Waals surface area contributed by atoms with E-state index in [1.807, 2.05) is 0 Å². The van der Waals surface area contributed by atoms with Crippen molar-refractivity contribution in [1.82, 2.24) is 47.1 Å². The van der Waals surface area contributed by atoms with Crippen LogP contribution in [0.3, 0.4) is 0 Å². The van der Waals surface area contributed by atoms with Gasteiger partial charge in [0.15, 0.2) is 0 Å². The molecule has 0 atom stereocenters. The maximum Gasteiger partial charge on any atom is 0.295 e. The molecular formula is C66H78N24Na2O22S6. The van der Waals surface area contributed by atoms with Crippen molar-refractivity contribution < 1.29 is 98.0 Å². The Hall–Kier alpha value is -10.6. The summed E-state index contributed by atoms with van der Waals surface area (Å²) in [5.41, 5.74) is 40.5. The van der Waals surface area contributed by atoms with E-state index in [1.165, 1.54) is 72.8 Å². The molecule has 0 spiro atoms. The summed E-state index contributed by atoms with van der Waals surface area (Å²) in [5.74, 6) is -9.74. The summed E-state index contributed by atoms with van der Waals surface area (Å²) in [6.07, 6.45) is -3.61. The molecule has 0 aliphatic heterocycles. The molecule has 54 heteroatoms. The van der Waals surface area contributed by atoms with E-state index in [-0.39, 0.29) is 93.2 Å². The van der Waals surface area contributed by atoms with Gasteiger partial charge in [0.1, 0.15) is 9.79 Å². The number of amides is 8. The summed E-state index contributed by atoms with van der Waals surface area (Å²) >= 11 is 0. The normalized spacial score (nSPS) is 11.9. The zero-order valence-corrected chi connectivity index (χ0v) is 72.5. The summed E-state index contributed by atoms with van der Waals surface area (Å²) in [6, 6.07) is 25.5. The molecule has 2 radical (unpaired) electrons. The Balaban J connectivity index is 0.0000112. The first kappa shape index (κ1) is 98.2. The number of sulfonamides is 4. The van der Waals surface area contributed by atoms with E-state index < -0.39 is 288 Å². The number of hydrogen-bond acceptors (Lipinski definition) is 32. The average molecular weight is 1800 g/mol. The second kappa shape index (κ2) is 42.5. The number of carbonyl (C=O) groups excluding carboxylic acids is 8. The molecule has 0 unspecified atom stereocenters. The van der Waals surface area contributed by atoms with Crippen LogP contribution in [0, 0.1) is 0 Å². The maximum atomic E-state index is 14.1. The van der Waals surface area contributed by atoms with Crippen molar-refractivity contribution >= 4 is 237 Å². The van der Waals surface area contributed by atoms with E-state index in [9.17, 15) is 98.0 Å². The molecule has 0 bridgehead atoms. The molecule has 0 saturated carbocycles. The maximum absolute atomic E-state index is 14.1. The van der Waals surface area contributed by atoms with Gasteiger partial charge >= 0.3 is 0 Å². The third kappa shape index (κ3) is 28.2. The molecule has 24 N–H and O–H groups in total. The van der Waals surface area contributed by atoms with Crippen LogP contribution in [0.15, 0.2) is 163 Å². The van der Waals surface area contributed by atoms with Crippen molar-refractivity contribution in [3.05, 3.63) is 133 Å². The molecule has 0 fully saturated rings. The first-order valence-corrected chi connectivity index (χ1v) is 43.0. The van der Waals surface area contributed by atoms with Crippen LogP contribution in [-0.4, -0.2) is 265 Å². The molecule has 0 aliphatic rings. The molecule has 8 amide bonds. The number of benzene rings is 6. The third-order valence-electron chi connectivity index (χ3n) is 16.4. The Labute approximate surface area is 730 Å². The number of anilines is 12. The van der Waals surface area contributed by atoms with Gasteiger partial charge < -0.3 is 77.8 Å². The summed E-state index contributed by atoms with van der Waals surface area (Å²) in [4.78, 5) is 117. The van der Waals surface area contributed by atoms with Crippen LogP contribution in [0.2, 0.25) is 0 Å². The molecule has 0 saturated heterocycles. The summed E-state index contributed by atoms with van der Waals surface area (Å²) in [7, 11) is -29.2. The van der Waals surface area contributed by atoms with Crippen LogP contribution in [-0.2, 0) is 98.7 Å². The smallest absolute Gasteiger partial charge is 0.295 e. The van der Waals surface area contributed by atoms with Gasteiger partial charge in [-0.15, -0.1) is 0 Å². The number of hydrogen-bond donors (Lipinski definition) is 16. The molecule has 8 aromatic rings. The van der Waals surface area contributed by atoms with E-state index in [4.69, 9.17) is 45.9 Å². The van der Waals surface area contributed by atoms with Gasteiger partial charge in [-0.2, -0.15) is 64.0 Å². The van der Waals surface area contributed by atoms with Crippen molar-refractivity contribution in [3.63, 3.8) is 0 Å². The number of carbonyl (C=O) groups is 8. The molecule has 46 nitrogen and oxygen atoms in total. The Kier molecular flexibility index (Phi) is 34.8. The molecule has 2 aromatic heterocycles. The second-order valence-corrected chi connectivity index (χ2v) is 35.7. The monoisotopic (exact) mass is 1800 g/mol. The zero-order valence-electron chi connectivity index (χ0n) is 63.6. The van der Waals surface area contributed by atoms with Crippen molar-refractivity contribution in [2.24, 2.45) is 45.9 Å². The van der Waals surface area contributed by atoms with Crippen molar-refractivity contribution in [3.8, 4) is 11.1 Å². The van der Waals surface area contributed by atoms with Gasteiger partial charge in [0, 0.05) is 208 Å². The Bertz CT molecular complexity index is 5260. The SMILES string of the molecule is NC(=O)CCN(CCC(N)=O)S(=O)(=O)c1cccc(Nc2nc(Nc3cccc(S(=O)(=O)N(CCC(N)=O)CCC(N)=O)c3)nc(Nc3ccc(-c4ccc(Nc5nc(Nc6cccc(S(=O)(=O)N(CCC(N)=O)CCC(N)=O)c6)nc(Nc6cccc(S(=O)(=O)N(CCC(N)=O)CCC(N)=O)c6)n5)cc4S(=O)(=O)O)c(S(=O)(=O)O)c3)n2)c1.[Na].[Na]. The number of nitrogens with one attached hydrogen (secondary N) is 6. The van der Waals surface area contributed by atoms with Gasteiger partial charge in [-0.05, 0) is 97.1 Å². The summed E-state index contributed by atoms with van der Waals surface area (Å²) in [6.45, 7) is -3.66. The fraction of sp³-hybridized carbons (Fsp3) is 0.242. The Morgan fingerprint density at radius 3 is 0.592 bits per heavy atom. The topological polar surface area (TPSA) is 753 Å². The fourth-order valence-electron chi connectivity index (χ4n) is 10.8. The Morgan fingerprint density at radius 1 is 0.267 bits per heavy atom. The van der Waals surface area contributed by atoms with E-state index in [2.05, 4.69) is 61.8 Å². The van der Waals surface area contributed by atoms with Crippen LogP contribution in [0.1, 0.15) is 51.4 Å². The molecule has 120 heavy (non-hydrogen) atoms. The largest absolute Gasteiger partial charge is 0.370 e. The van der Waals surface area contributed by atoms with Crippen molar-refractivity contribution in [2.45, 2.75) is 80.7 Å². The van der Waals surface area contributed by atoms with Crippen molar-refractivity contribution in [2.75, 3.05) is 84.3 Å². The van der Waals surface area contributed by atoms with Gasteiger partial charge in [-0.25, -0.2) is 33.7 Å². The summed E-state index contributed by atoms with van der Waals surface area (Å²) < 4.78 is 192. The number of rotatable bonds is 47. The standard InChI is InChI=1S/C66H78N24O22S6.2Na/c67-53(91)17-25-87(26-18-54(68)92)113(99,100)45-9-1-5-39(33-45)75-61-81-62(76-40-6-2-10-46(34-40)114(101,102)88(27-19-55(69)93)28-20-56(70)94)84-65(83-61)79-43-13-15-49(51(37-43)117(107,108)109)50-16-14-44(38-52(50)118(110,111)112)80-66-85-63(77-41-7-3-11-47(35-41)115(103,104)89(29-21-57(71)95)30-22-58(72)96)82-64(86-66)78-42-8-4-12-48(36-42)116(105,106)90(31-23-59(73)97)32-24-60(74)98;;/h1-16,33-38H,17-32H2,(H2,67,91)(H2,68,92)(H2,69,93)(H2,70,94)(H2,71,95)(H2,72,96)(H2,73,97)(H2,74,98)(H,107,108,109)(H,110,111,112)(H3,75,76,79,81,83,84)(H3,77,78,80,82,85,86);;. The molecule has 2 heterocycles. The first-order chi connectivity index (χ1) is 55.3. The van der Waals surface area contributed by atoms with Crippen LogP contribution in [0.4, 0.5) is 69.8 Å². The van der Waals surface area contributed by atoms with Gasteiger partial charge in [0.2, 0.25) is 123 Å². The predicted octanol–water partition coefficient (Wildman–Crippen LogP) is -1.12. The van der Waals surface area contributed by atoms with E-state index in [1.54, 1.807) is 0 Å². The minimum atomic E-state index is -5.49. The molecule has 0 aliphatic carbocycles. The van der Waals surface area contributed by atoms with E-state index in [0.717, 1.165) is 77.9 Å². The predicted molar refractivity (Wildman–Crippen MR) is 434 cm³/mol. The van der Waals surface area contributed by atoms with Crippen LogP contribution >= 0.6 is 0 Å². The minimum Gasteiger partial charge on any atom is -0.370 e. The van der Waals surface area contributed by atoms with E-state index >= 15 is 0 Å². The van der Waals surface area contributed by atoms with E-state index in [0.29, 0.717) is 0 Å². The third-order valence-corrected chi connectivity index (χ3v) is 25.7. The average Bonchev–Trinajstić information content (AvgIpc) is 0.764. The molecular weight excluding hydrogens is 1720 g/mol. The van der Waals surface area contributed by atoms with Gasteiger partial charge in [-0.3, -0.25) is 47.5 Å². The number of nitrogens with zero attached hydrogens (tertiary/aromatic N) is 10. The number of aromatic nitrogens is 6. The minimum absolute atomic E-state index is 0. The van der Waals surface area contributed by atoms with Crippen LogP contribution in [0.5, 0.6) is 0 Å². The molecule has 6 aromatic carbocycles. The van der Waals surface area contributed by atoms with Crippen molar-refractivity contribution in [1.29, 1.82) is 0 Å². The van der Waals surface area contributed by atoms with Crippen LogP contribution < -0.4 is 77.8 Å². The fourth-order valence-corrected chi connectivity index (χ4v) is 18.2. The zero-order chi connectivity index (χ0) is 86.8. The second-order valence-electron chi connectivity index (χ2n) is 25.2. The van der Waals surface area contributed by atoms with Gasteiger partial charge in [-0.1, -0.05) is 36.4 Å². The molecule has 8 rings (SSSR count).